The Kier molecular flexibility index (Phi) is 2.08. The maximum Gasteiger partial charge on any atom is 0.291 e. The van der Waals surface area contributed by atoms with Crippen LogP contribution in [0, 0.1) is 6.07 Å². The van der Waals surface area contributed by atoms with Gasteiger partial charge < -0.3 is 5.11 Å². The summed E-state index contributed by atoms with van der Waals surface area (Å²) in [5.41, 5.74) is 0.771. The molecule has 0 amide bonds. The van der Waals surface area contributed by atoms with Crippen molar-refractivity contribution in [1.29, 1.82) is 0 Å². The van der Waals surface area contributed by atoms with E-state index < -0.39 is 0 Å². The van der Waals surface area contributed by atoms with E-state index >= 15 is 0 Å². The molecule has 0 spiro atoms. The van der Waals surface area contributed by atoms with Crippen LogP contribution >= 0.6 is 0 Å². The molecule has 0 saturated carbocycles. The number of hydrogen-bond acceptors (Lipinski definition) is 2. The van der Waals surface area contributed by atoms with Gasteiger partial charge in [0.1, 0.15) is 5.75 Å². The van der Waals surface area contributed by atoms with Gasteiger partial charge in [0.25, 0.3) is 6.07 Å². The van der Waals surface area contributed by atoms with E-state index in [0.717, 1.165) is 5.56 Å². The summed E-state index contributed by atoms with van der Waals surface area (Å²) in [4.78, 5) is 0. The van der Waals surface area contributed by atoms with Crippen LogP contribution in [-0.2, 0) is 12.8 Å². The van der Waals surface area contributed by atoms with E-state index in [2.05, 4.69) is 23.1 Å². The molecule has 1 aromatic rings. The molecule has 0 fully saturated rings. The van der Waals surface area contributed by atoms with Crippen molar-refractivity contribution in [3.63, 3.8) is 0 Å². The van der Waals surface area contributed by atoms with Gasteiger partial charge in [0.15, 0.2) is 0 Å². The topological polar surface area (TPSA) is 24.6 Å². The Balaban J connectivity index is 2.97. The lowest BCUT2D eigenvalue weighted by atomic mass is 10.2. The Morgan fingerprint density at radius 1 is 1.30 bits per heavy atom. The van der Waals surface area contributed by atoms with Gasteiger partial charge in [-0.25, -0.2) is 0 Å². The standard InChI is InChI=1S/C7H5NOS/c9-7-3-1-6(2-4-7)5-8-10/h1-4,9H. The summed E-state index contributed by atoms with van der Waals surface area (Å²) in [5.74, 6) is 0.231. The van der Waals surface area contributed by atoms with Gasteiger partial charge in [-0.15, -0.1) is 0 Å². The van der Waals surface area contributed by atoms with Gasteiger partial charge in [0, 0.05) is 0 Å². The predicted octanol–water partition coefficient (Wildman–Crippen LogP) is 1.54. The summed E-state index contributed by atoms with van der Waals surface area (Å²) in [6, 6.07) is 9.05. The van der Waals surface area contributed by atoms with Gasteiger partial charge in [-0.1, -0.05) is 0 Å². The second-order valence-corrected chi connectivity index (χ2v) is 1.93. The van der Waals surface area contributed by atoms with Gasteiger partial charge >= 0.3 is 0 Å². The van der Waals surface area contributed by atoms with E-state index in [-0.39, 0.29) is 5.75 Å². The molecule has 0 atom stereocenters. The quantitative estimate of drug-likeness (QED) is 0.569. The number of rotatable bonds is 0. The molecule has 1 aromatic carbocycles. The highest BCUT2D eigenvalue weighted by molar-refractivity contribution is 7.61. The molecule has 0 radical (unpaired) electrons. The second-order valence-electron chi connectivity index (χ2n) is 1.75. The molecule has 3 heteroatoms. The van der Waals surface area contributed by atoms with Crippen LogP contribution in [0.25, 0.3) is 4.25 Å². The summed E-state index contributed by atoms with van der Waals surface area (Å²) in [5, 5.41) is 8.84. The fraction of sp³-hybridized carbons (Fsp3) is 0. The molecule has 1 N–H and O–H groups in total. The lowest BCUT2D eigenvalue weighted by Crippen LogP contribution is -1.69. The first-order valence-corrected chi connectivity index (χ1v) is 3.07. The van der Waals surface area contributed by atoms with Crippen LogP contribution in [0.4, 0.5) is 0 Å². The van der Waals surface area contributed by atoms with Gasteiger partial charge in [-0.2, -0.15) is 4.25 Å². The van der Waals surface area contributed by atoms with Crippen molar-refractivity contribution in [2.75, 3.05) is 0 Å². The number of benzene rings is 1. The summed E-state index contributed by atoms with van der Waals surface area (Å²) < 4.78 is 3.29. The largest absolute Gasteiger partial charge is 0.508 e. The highest BCUT2D eigenvalue weighted by Crippen LogP contribution is 2.08. The maximum absolute atomic E-state index is 8.84. The van der Waals surface area contributed by atoms with E-state index in [1.165, 1.54) is 0 Å². The van der Waals surface area contributed by atoms with Crippen molar-refractivity contribution in [3.05, 3.63) is 34.1 Å². The highest BCUT2D eigenvalue weighted by atomic mass is 32.1. The van der Waals surface area contributed by atoms with Crippen molar-refractivity contribution in [1.82, 2.24) is 0 Å². The third kappa shape index (κ3) is 1.61. The van der Waals surface area contributed by atoms with Gasteiger partial charge in [0.05, 0.1) is 5.56 Å². The Labute approximate surface area is 64.5 Å². The Morgan fingerprint density at radius 3 is 2.40 bits per heavy atom. The molecule has 0 aromatic heterocycles. The Hall–Kier alpha value is -1.27. The van der Waals surface area contributed by atoms with Crippen LogP contribution in [0.2, 0.25) is 0 Å². The van der Waals surface area contributed by atoms with E-state index in [4.69, 9.17) is 5.11 Å². The third-order valence-corrected chi connectivity index (χ3v) is 1.13. The molecule has 0 aliphatic rings. The molecule has 0 unspecified atom stereocenters. The van der Waals surface area contributed by atoms with Crippen LogP contribution in [0.5, 0.6) is 5.75 Å². The van der Waals surface area contributed by atoms with E-state index in [1.54, 1.807) is 24.3 Å². The zero-order chi connectivity index (χ0) is 7.40. The zero-order valence-electron chi connectivity index (χ0n) is 5.11. The van der Waals surface area contributed by atoms with Crippen molar-refractivity contribution in [3.8, 4) is 11.8 Å². The molecular weight excluding hydrogens is 146 g/mol. The van der Waals surface area contributed by atoms with Gasteiger partial charge in [-0.3, -0.25) is 12.8 Å². The SMILES string of the molecule is Oc1ccc(C#[N+][S-])cc1. The minimum atomic E-state index is 0.231. The van der Waals surface area contributed by atoms with Crippen LogP contribution in [0.1, 0.15) is 5.56 Å². The first-order valence-electron chi connectivity index (χ1n) is 2.70. The first-order chi connectivity index (χ1) is 4.83. The average Bonchev–Trinajstić information content (AvgIpc) is 1.95. The van der Waals surface area contributed by atoms with Crippen molar-refractivity contribution in [2.45, 2.75) is 0 Å². The Morgan fingerprint density at radius 2 is 1.90 bits per heavy atom. The Bertz CT molecular complexity index is 270. The highest BCUT2D eigenvalue weighted by Gasteiger charge is 1.90. The van der Waals surface area contributed by atoms with E-state index in [9.17, 15) is 0 Å². The zero-order valence-corrected chi connectivity index (χ0v) is 5.93. The summed E-state index contributed by atoms with van der Waals surface area (Å²) in [7, 11) is 0. The monoisotopic (exact) mass is 151 g/mol. The molecule has 2 nitrogen and oxygen atoms in total. The summed E-state index contributed by atoms with van der Waals surface area (Å²) >= 11 is 4.32. The maximum atomic E-state index is 8.84. The minimum absolute atomic E-state index is 0.231. The molecule has 1 rings (SSSR count). The lowest BCUT2D eigenvalue weighted by Gasteiger charge is -1.86. The predicted molar refractivity (Wildman–Crippen MR) is 41.8 cm³/mol. The van der Waals surface area contributed by atoms with Crippen LogP contribution in [-0.4, -0.2) is 5.11 Å². The molecule has 0 heterocycles. The average molecular weight is 151 g/mol. The molecule has 0 saturated heterocycles. The molecule has 50 valence electrons. The van der Waals surface area contributed by atoms with E-state index in [0.29, 0.717) is 0 Å². The molecule has 10 heavy (non-hydrogen) atoms. The van der Waals surface area contributed by atoms with Crippen molar-refractivity contribution >= 4 is 12.8 Å². The molecule has 0 aliphatic carbocycles. The molecular formula is C7H5NOS. The summed E-state index contributed by atoms with van der Waals surface area (Å²) in [6.45, 7) is 0. The van der Waals surface area contributed by atoms with Gasteiger partial charge in [0.2, 0.25) is 0 Å². The number of phenolic OH excluding ortho intramolecular Hbond substituents is 1. The number of phenols is 1. The smallest absolute Gasteiger partial charge is 0.291 e. The minimum Gasteiger partial charge on any atom is -0.508 e. The third-order valence-electron chi connectivity index (χ3n) is 1.04. The van der Waals surface area contributed by atoms with Crippen molar-refractivity contribution in [2.24, 2.45) is 0 Å². The molecule has 0 aliphatic heterocycles. The lowest BCUT2D eigenvalue weighted by molar-refractivity contribution is 0.475. The van der Waals surface area contributed by atoms with Crippen LogP contribution in [0.15, 0.2) is 24.3 Å². The number of hydrogen-bond donors (Lipinski definition) is 1. The summed E-state index contributed by atoms with van der Waals surface area (Å²) in [6.07, 6.45) is 0. The first kappa shape index (κ1) is 6.84. The second kappa shape index (κ2) is 3.04. The van der Waals surface area contributed by atoms with Gasteiger partial charge in [-0.05, 0) is 24.3 Å². The molecule has 0 bridgehead atoms. The van der Waals surface area contributed by atoms with Crippen LogP contribution in [0.3, 0.4) is 0 Å². The van der Waals surface area contributed by atoms with Crippen LogP contribution < -0.4 is 0 Å². The van der Waals surface area contributed by atoms with E-state index in [1.807, 2.05) is 0 Å². The number of nitrogens with zero attached hydrogens (tertiary/aromatic N) is 1. The fourth-order valence-electron chi connectivity index (χ4n) is 0.589. The van der Waals surface area contributed by atoms with Crippen molar-refractivity contribution < 1.29 is 5.11 Å². The number of aromatic hydroxyl groups is 1. The normalized spacial score (nSPS) is 8.00. The fourth-order valence-corrected chi connectivity index (χ4v) is 0.694.